The van der Waals surface area contributed by atoms with Crippen molar-refractivity contribution in [3.8, 4) is 0 Å². The van der Waals surface area contributed by atoms with Gasteiger partial charge < -0.3 is 11.1 Å². The largest absolute Gasteiger partial charge is 0.399 e. The number of rotatable bonds is 2. The predicted molar refractivity (Wildman–Crippen MR) is 74.7 cm³/mol. The molecule has 2 aromatic rings. The summed E-state index contributed by atoms with van der Waals surface area (Å²) in [5.74, 6) is -0.550. The molecule has 0 saturated heterocycles. The zero-order valence-electron chi connectivity index (χ0n) is 10.8. The Bertz CT molecular complexity index is 638. The zero-order chi connectivity index (χ0) is 14.0. The molecule has 98 valence electrons. The van der Waals surface area contributed by atoms with E-state index in [4.69, 9.17) is 5.73 Å². The van der Waals surface area contributed by atoms with Gasteiger partial charge in [-0.1, -0.05) is 0 Å². The normalized spacial score (nSPS) is 10.3. The van der Waals surface area contributed by atoms with Gasteiger partial charge >= 0.3 is 0 Å². The highest BCUT2D eigenvalue weighted by Crippen LogP contribution is 2.18. The average Bonchev–Trinajstić information content (AvgIpc) is 2.32. The molecule has 4 heteroatoms. The van der Waals surface area contributed by atoms with Crippen LogP contribution in [0.1, 0.15) is 21.5 Å². The lowest BCUT2D eigenvalue weighted by molar-refractivity contribution is 0.102. The molecule has 0 radical (unpaired) electrons. The highest BCUT2D eigenvalue weighted by molar-refractivity contribution is 6.05. The van der Waals surface area contributed by atoms with E-state index in [-0.39, 0.29) is 11.7 Å². The molecule has 0 aliphatic carbocycles. The molecule has 3 nitrogen and oxygen atoms in total. The van der Waals surface area contributed by atoms with Crippen molar-refractivity contribution in [2.75, 3.05) is 11.1 Å². The quantitative estimate of drug-likeness (QED) is 0.812. The highest BCUT2D eigenvalue weighted by Gasteiger charge is 2.10. The fourth-order valence-electron chi connectivity index (χ4n) is 1.90. The summed E-state index contributed by atoms with van der Waals surface area (Å²) < 4.78 is 13.0. The molecule has 3 N–H and O–H groups in total. The number of nitrogen functional groups attached to an aromatic ring is 1. The van der Waals surface area contributed by atoms with Gasteiger partial charge in [0.05, 0.1) is 0 Å². The van der Waals surface area contributed by atoms with Gasteiger partial charge in [-0.25, -0.2) is 4.39 Å². The maximum Gasteiger partial charge on any atom is 0.255 e. The molecule has 0 atom stereocenters. The van der Waals surface area contributed by atoms with Crippen molar-refractivity contribution < 1.29 is 9.18 Å². The Balaban J connectivity index is 2.25. The van der Waals surface area contributed by atoms with Crippen molar-refractivity contribution in [3.05, 3.63) is 58.9 Å². The van der Waals surface area contributed by atoms with Gasteiger partial charge in [0, 0.05) is 16.9 Å². The van der Waals surface area contributed by atoms with Crippen LogP contribution >= 0.6 is 0 Å². The Kier molecular flexibility index (Phi) is 3.51. The number of carbonyl (C=O) groups is 1. The van der Waals surface area contributed by atoms with Crippen LogP contribution in [0.25, 0.3) is 0 Å². The van der Waals surface area contributed by atoms with E-state index in [0.717, 1.165) is 5.56 Å². The first-order chi connectivity index (χ1) is 8.97. The third-order valence-electron chi connectivity index (χ3n) is 2.93. The molecule has 0 bridgehead atoms. The van der Waals surface area contributed by atoms with Gasteiger partial charge in [0.25, 0.3) is 5.91 Å². The first kappa shape index (κ1) is 13.1. The van der Waals surface area contributed by atoms with Crippen molar-refractivity contribution in [2.45, 2.75) is 13.8 Å². The van der Waals surface area contributed by atoms with Gasteiger partial charge in [0.1, 0.15) is 5.82 Å². The lowest BCUT2D eigenvalue weighted by Crippen LogP contribution is -2.14. The number of amides is 1. The van der Waals surface area contributed by atoms with Crippen LogP contribution in [0.5, 0.6) is 0 Å². The Hall–Kier alpha value is -2.36. The number of nitrogens with one attached hydrogen (secondary N) is 1. The molecule has 0 unspecified atom stereocenters. The summed E-state index contributed by atoms with van der Waals surface area (Å²) in [6.07, 6.45) is 0. The van der Waals surface area contributed by atoms with Crippen molar-refractivity contribution in [3.63, 3.8) is 0 Å². The number of hydrogen-bond acceptors (Lipinski definition) is 2. The first-order valence-electron chi connectivity index (χ1n) is 5.91. The van der Waals surface area contributed by atoms with Crippen molar-refractivity contribution in [1.29, 1.82) is 0 Å². The van der Waals surface area contributed by atoms with Crippen molar-refractivity contribution in [2.24, 2.45) is 0 Å². The van der Waals surface area contributed by atoms with E-state index in [0.29, 0.717) is 22.5 Å². The van der Waals surface area contributed by atoms with Crippen LogP contribution in [-0.2, 0) is 0 Å². The van der Waals surface area contributed by atoms with Crippen LogP contribution in [0.2, 0.25) is 0 Å². The van der Waals surface area contributed by atoms with Gasteiger partial charge in [-0.3, -0.25) is 4.79 Å². The van der Waals surface area contributed by atoms with E-state index in [9.17, 15) is 9.18 Å². The Morgan fingerprint density at radius 3 is 2.47 bits per heavy atom. The van der Waals surface area contributed by atoms with Gasteiger partial charge in [0.15, 0.2) is 0 Å². The summed E-state index contributed by atoms with van der Waals surface area (Å²) in [4.78, 5) is 12.1. The third-order valence-corrected chi connectivity index (χ3v) is 2.93. The molecular formula is C15H15FN2O. The van der Waals surface area contributed by atoms with Crippen LogP contribution in [0.3, 0.4) is 0 Å². The number of hydrogen-bond donors (Lipinski definition) is 2. The molecule has 0 aromatic heterocycles. The molecule has 0 spiro atoms. The number of carbonyl (C=O) groups excluding carboxylic acids is 1. The second-order valence-electron chi connectivity index (χ2n) is 4.49. The fourth-order valence-corrected chi connectivity index (χ4v) is 1.90. The Labute approximate surface area is 111 Å². The summed E-state index contributed by atoms with van der Waals surface area (Å²) in [7, 11) is 0. The number of nitrogens with two attached hydrogens (primary N) is 1. The first-order valence-corrected chi connectivity index (χ1v) is 5.91. The molecule has 0 aliphatic rings. The summed E-state index contributed by atoms with van der Waals surface area (Å²) >= 11 is 0. The SMILES string of the molecule is Cc1cc(F)ccc1NC(=O)c1ccc(N)cc1C. The highest BCUT2D eigenvalue weighted by atomic mass is 19.1. The van der Waals surface area contributed by atoms with E-state index in [1.165, 1.54) is 12.1 Å². The van der Waals surface area contributed by atoms with E-state index < -0.39 is 0 Å². The summed E-state index contributed by atoms with van der Waals surface area (Å²) in [5.41, 5.74) is 8.90. The van der Waals surface area contributed by atoms with Crippen LogP contribution in [0, 0.1) is 19.7 Å². The van der Waals surface area contributed by atoms with Crippen LogP contribution in [0.15, 0.2) is 36.4 Å². The molecule has 0 aliphatic heterocycles. The minimum atomic E-state index is -0.320. The van der Waals surface area contributed by atoms with Gasteiger partial charge in [-0.2, -0.15) is 0 Å². The van der Waals surface area contributed by atoms with E-state index in [1.54, 1.807) is 31.2 Å². The van der Waals surface area contributed by atoms with Gasteiger partial charge in [-0.15, -0.1) is 0 Å². The van der Waals surface area contributed by atoms with Crippen LogP contribution in [0.4, 0.5) is 15.8 Å². The maximum atomic E-state index is 13.0. The number of benzene rings is 2. The van der Waals surface area contributed by atoms with Crippen LogP contribution in [-0.4, -0.2) is 5.91 Å². The molecule has 0 fully saturated rings. The van der Waals surface area contributed by atoms with E-state index >= 15 is 0 Å². The number of halogens is 1. The molecule has 19 heavy (non-hydrogen) atoms. The summed E-state index contributed by atoms with van der Waals surface area (Å²) in [6, 6.07) is 9.35. The molecule has 1 amide bonds. The second-order valence-corrected chi connectivity index (χ2v) is 4.49. The molecule has 0 saturated carbocycles. The lowest BCUT2D eigenvalue weighted by Gasteiger charge is -2.10. The Morgan fingerprint density at radius 1 is 1.11 bits per heavy atom. The molecule has 2 rings (SSSR count). The number of aryl methyl sites for hydroxylation is 2. The summed E-state index contributed by atoms with van der Waals surface area (Å²) in [6.45, 7) is 3.57. The topological polar surface area (TPSA) is 55.1 Å². The monoisotopic (exact) mass is 258 g/mol. The zero-order valence-corrected chi connectivity index (χ0v) is 10.8. The lowest BCUT2D eigenvalue weighted by atomic mass is 10.1. The van der Waals surface area contributed by atoms with Crippen molar-refractivity contribution >= 4 is 17.3 Å². The van der Waals surface area contributed by atoms with Crippen molar-refractivity contribution in [1.82, 2.24) is 0 Å². The van der Waals surface area contributed by atoms with Gasteiger partial charge in [-0.05, 0) is 61.4 Å². The van der Waals surface area contributed by atoms with Crippen LogP contribution < -0.4 is 11.1 Å². The smallest absolute Gasteiger partial charge is 0.255 e. The maximum absolute atomic E-state index is 13.0. The third kappa shape index (κ3) is 2.91. The second kappa shape index (κ2) is 5.10. The minimum absolute atomic E-state index is 0.229. The van der Waals surface area contributed by atoms with Gasteiger partial charge in [0.2, 0.25) is 0 Å². The number of anilines is 2. The summed E-state index contributed by atoms with van der Waals surface area (Å²) in [5, 5.41) is 2.77. The Morgan fingerprint density at radius 2 is 1.84 bits per heavy atom. The standard InChI is InChI=1S/C15H15FN2O/c1-9-8-12(17)4-5-13(9)15(19)18-14-6-3-11(16)7-10(14)2/h3-8H,17H2,1-2H3,(H,18,19). The molecule has 0 heterocycles. The van der Waals surface area contributed by atoms with E-state index in [1.807, 2.05) is 6.92 Å². The van der Waals surface area contributed by atoms with E-state index in [2.05, 4.69) is 5.32 Å². The fraction of sp³-hybridized carbons (Fsp3) is 0.133. The average molecular weight is 258 g/mol. The molecule has 2 aromatic carbocycles. The molecular weight excluding hydrogens is 243 g/mol. The predicted octanol–water partition coefficient (Wildman–Crippen LogP) is 3.28. The minimum Gasteiger partial charge on any atom is -0.399 e.